The van der Waals surface area contributed by atoms with E-state index < -0.39 is 0 Å². The molecule has 1 aromatic rings. The summed E-state index contributed by atoms with van der Waals surface area (Å²) < 4.78 is 0. The van der Waals surface area contributed by atoms with E-state index in [0.717, 1.165) is 36.4 Å². The fraction of sp³-hybridized carbons (Fsp3) is 0.692. The largest absolute Gasteiger partial charge is 0.350 e. The first-order valence-corrected chi connectivity index (χ1v) is 7.53. The highest BCUT2D eigenvalue weighted by molar-refractivity contribution is 7.09. The van der Waals surface area contributed by atoms with Crippen molar-refractivity contribution in [1.29, 1.82) is 0 Å². The van der Waals surface area contributed by atoms with Gasteiger partial charge in [-0.15, -0.1) is 11.3 Å². The highest BCUT2D eigenvalue weighted by atomic mass is 32.1. The molecule has 18 heavy (non-hydrogen) atoms. The lowest BCUT2D eigenvalue weighted by Gasteiger charge is -2.16. The van der Waals surface area contributed by atoms with Gasteiger partial charge in [0.1, 0.15) is 0 Å². The lowest BCUT2D eigenvalue weighted by molar-refractivity contribution is -0.126. The molecule has 0 bridgehead atoms. The van der Waals surface area contributed by atoms with Gasteiger partial charge in [-0.3, -0.25) is 4.79 Å². The van der Waals surface area contributed by atoms with Crippen molar-refractivity contribution in [2.24, 2.45) is 17.6 Å². The summed E-state index contributed by atoms with van der Waals surface area (Å²) in [6.45, 7) is 3.25. The van der Waals surface area contributed by atoms with Crippen molar-refractivity contribution >= 4 is 17.2 Å². The van der Waals surface area contributed by atoms with Crippen LogP contribution in [0.15, 0.2) is 5.38 Å². The van der Waals surface area contributed by atoms with Crippen molar-refractivity contribution in [2.75, 3.05) is 6.54 Å². The molecule has 1 fully saturated rings. The molecule has 0 saturated heterocycles. The van der Waals surface area contributed by atoms with E-state index in [1.807, 2.05) is 5.38 Å². The molecule has 0 aromatic carbocycles. The van der Waals surface area contributed by atoms with Crippen LogP contribution in [-0.4, -0.2) is 17.4 Å². The van der Waals surface area contributed by atoms with Crippen molar-refractivity contribution in [1.82, 2.24) is 10.3 Å². The Bertz CT molecular complexity index is 405. The molecule has 1 heterocycles. The van der Waals surface area contributed by atoms with Gasteiger partial charge in [-0.2, -0.15) is 0 Å². The molecule has 0 spiro atoms. The van der Waals surface area contributed by atoms with Crippen LogP contribution in [0.25, 0.3) is 0 Å². The minimum Gasteiger partial charge on any atom is -0.350 e. The van der Waals surface area contributed by atoms with E-state index in [1.165, 1.54) is 0 Å². The number of carbonyl (C=O) groups excluding carboxylic acids is 1. The first-order chi connectivity index (χ1) is 8.74. The van der Waals surface area contributed by atoms with Crippen LogP contribution in [0, 0.1) is 11.8 Å². The van der Waals surface area contributed by atoms with Crippen LogP contribution >= 0.6 is 11.3 Å². The molecular weight excluding hydrogens is 246 g/mol. The molecule has 0 aliphatic heterocycles. The van der Waals surface area contributed by atoms with E-state index >= 15 is 0 Å². The topological polar surface area (TPSA) is 68.0 Å². The molecule has 1 amide bonds. The Morgan fingerprint density at radius 1 is 1.61 bits per heavy atom. The minimum absolute atomic E-state index is 0.110. The van der Waals surface area contributed by atoms with Crippen LogP contribution in [0.4, 0.5) is 0 Å². The first kappa shape index (κ1) is 13.5. The van der Waals surface area contributed by atoms with E-state index in [2.05, 4.69) is 17.2 Å². The Morgan fingerprint density at radius 3 is 3.11 bits per heavy atom. The lowest BCUT2D eigenvalue weighted by Crippen LogP contribution is -2.34. The molecule has 100 valence electrons. The van der Waals surface area contributed by atoms with Crippen molar-refractivity contribution in [3.8, 4) is 0 Å². The number of thiazole rings is 1. The molecule has 0 radical (unpaired) electrons. The van der Waals surface area contributed by atoms with E-state index in [9.17, 15) is 4.79 Å². The van der Waals surface area contributed by atoms with Gasteiger partial charge in [0, 0.05) is 11.3 Å². The second-order valence-electron chi connectivity index (χ2n) is 4.84. The monoisotopic (exact) mass is 267 g/mol. The summed E-state index contributed by atoms with van der Waals surface area (Å²) in [5.74, 6) is 0.625. The number of rotatable bonds is 5. The third-order valence-corrected chi connectivity index (χ3v) is 4.69. The quantitative estimate of drug-likeness (QED) is 0.853. The average Bonchev–Trinajstić information content (AvgIpc) is 3.04. The summed E-state index contributed by atoms with van der Waals surface area (Å²) in [6.07, 6.45) is 4.14. The summed E-state index contributed by atoms with van der Waals surface area (Å²) >= 11 is 1.66. The number of aromatic nitrogens is 1. The third-order valence-electron chi connectivity index (χ3n) is 3.64. The van der Waals surface area contributed by atoms with Crippen LogP contribution < -0.4 is 11.1 Å². The molecule has 1 aliphatic rings. The molecule has 2 rings (SSSR count). The number of nitrogens with one attached hydrogen (secondary N) is 1. The number of nitrogens with two attached hydrogens (primary N) is 1. The van der Waals surface area contributed by atoms with Crippen molar-refractivity contribution in [3.05, 3.63) is 16.1 Å². The summed E-state index contributed by atoms with van der Waals surface area (Å²) in [4.78, 5) is 16.5. The van der Waals surface area contributed by atoms with Crippen LogP contribution in [0.1, 0.15) is 36.9 Å². The lowest BCUT2D eigenvalue weighted by atomic mass is 9.95. The number of hydrogen-bond donors (Lipinski definition) is 2. The zero-order valence-electron chi connectivity index (χ0n) is 10.8. The molecule has 1 aliphatic carbocycles. The van der Waals surface area contributed by atoms with Gasteiger partial charge in [-0.1, -0.05) is 13.3 Å². The van der Waals surface area contributed by atoms with Gasteiger partial charge in [-0.05, 0) is 31.7 Å². The zero-order valence-corrected chi connectivity index (χ0v) is 11.6. The number of carbonyl (C=O) groups is 1. The standard InChI is InChI=1S/C13H21N3OS/c1-2-12-16-10(8-18-12)7-15-13(17)11-5-3-4-9(11)6-14/h8-9,11H,2-7,14H2,1H3,(H,15,17)/t9-,11-/m1/s1. The van der Waals surface area contributed by atoms with Crippen LogP contribution in [0.2, 0.25) is 0 Å². The maximum Gasteiger partial charge on any atom is 0.223 e. The number of amides is 1. The summed E-state index contributed by atoms with van der Waals surface area (Å²) in [5, 5.41) is 6.14. The first-order valence-electron chi connectivity index (χ1n) is 6.65. The van der Waals surface area contributed by atoms with Gasteiger partial charge in [-0.25, -0.2) is 4.98 Å². The Labute approximate surface area is 112 Å². The molecular formula is C13H21N3OS. The van der Waals surface area contributed by atoms with Crippen LogP contribution in [0.3, 0.4) is 0 Å². The second-order valence-corrected chi connectivity index (χ2v) is 5.78. The average molecular weight is 267 g/mol. The van der Waals surface area contributed by atoms with E-state index in [0.29, 0.717) is 19.0 Å². The Morgan fingerprint density at radius 2 is 2.44 bits per heavy atom. The van der Waals surface area contributed by atoms with Gasteiger partial charge in [0.05, 0.1) is 17.2 Å². The second kappa shape index (κ2) is 6.29. The van der Waals surface area contributed by atoms with Gasteiger partial charge in [0.15, 0.2) is 0 Å². The smallest absolute Gasteiger partial charge is 0.223 e. The molecule has 1 saturated carbocycles. The summed E-state index contributed by atoms with van der Waals surface area (Å²) in [5.41, 5.74) is 6.67. The zero-order chi connectivity index (χ0) is 13.0. The van der Waals surface area contributed by atoms with E-state index in [-0.39, 0.29) is 11.8 Å². The fourth-order valence-electron chi connectivity index (χ4n) is 2.57. The van der Waals surface area contributed by atoms with Gasteiger partial charge in [0.25, 0.3) is 0 Å². The maximum absolute atomic E-state index is 12.1. The van der Waals surface area contributed by atoms with Gasteiger partial charge < -0.3 is 11.1 Å². The Hall–Kier alpha value is -0.940. The van der Waals surface area contributed by atoms with Crippen molar-refractivity contribution in [3.63, 3.8) is 0 Å². The molecule has 0 unspecified atom stereocenters. The highest BCUT2D eigenvalue weighted by Gasteiger charge is 2.31. The molecule has 5 heteroatoms. The number of hydrogen-bond acceptors (Lipinski definition) is 4. The Kier molecular flexibility index (Phi) is 4.72. The van der Waals surface area contributed by atoms with E-state index in [1.54, 1.807) is 11.3 Å². The normalized spacial score (nSPS) is 23.2. The molecule has 4 nitrogen and oxygen atoms in total. The summed E-state index contributed by atoms with van der Waals surface area (Å²) in [7, 11) is 0. The van der Waals surface area contributed by atoms with Gasteiger partial charge >= 0.3 is 0 Å². The maximum atomic E-state index is 12.1. The fourth-order valence-corrected chi connectivity index (χ4v) is 3.31. The van der Waals surface area contributed by atoms with Gasteiger partial charge in [0.2, 0.25) is 5.91 Å². The predicted molar refractivity (Wildman–Crippen MR) is 73.2 cm³/mol. The van der Waals surface area contributed by atoms with Crippen LogP contribution in [0.5, 0.6) is 0 Å². The summed E-state index contributed by atoms with van der Waals surface area (Å²) in [6, 6.07) is 0. The SMILES string of the molecule is CCc1nc(CNC(=O)[C@@H]2CCC[C@@H]2CN)cs1. The third kappa shape index (κ3) is 3.09. The molecule has 3 N–H and O–H groups in total. The van der Waals surface area contributed by atoms with E-state index in [4.69, 9.17) is 5.73 Å². The number of nitrogens with zero attached hydrogens (tertiary/aromatic N) is 1. The minimum atomic E-state index is 0.110. The molecule has 2 atom stereocenters. The predicted octanol–water partition coefficient (Wildman–Crippen LogP) is 1.70. The van der Waals surface area contributed by atoms with Crippen molar-refractivity contribution in [2.45, 2.75) is 39.2 Å². The molecule has 1 aromatic heterocycles. The van der Waals surface area contributed by atoms with Crippen LogP contribution in [-0.2, 0) is 17.8 Å². The van der Waals surface area contributed by atoms with Crippen molar-refractivity contribution < 1.29 is 4.79 Å². The number of aryl methyl sites for hydroxylation is 1. The highest BCUT2D eigenvalue weighted by Crippen LogP contribution is 2.30. The Balaban J connectivity index is 1.84.